The summed E-state index contributed by atoms with van der Waals surface area (Å²) < 4.78 is 33.2. The van der Waals surface area contributed by atoms with Crippen molar-refractivity contribution < 1.29 is 47.3 Å². The molecule has 0 aromatic heterocycles. The number of carbonyl (C=O) groups excluding carboxylic acids is 4. The second-order valence-corrected chi connectivity index (χ2v) is 25.4. The monoisotopic (exact) mass is 756 g/mol. The van der Waals surface area contributed by atoms with E-state index < -0.39 is 93.0 Å². The van der Waals surface area contributed by atoms with Crippen molar-refractivity contribution in [2.24, 2.45) is 17.3 Å². The predicted molar refractivity (Wildman–Crippen MR) is 202 cm³/mol. The van der Waals surface area contributed by atoms with Crippen LogP contribution in [0.25, 0.3) is 0 Å². The number of esters is 2. The predicted octanol–water partition coefficient (Wildman–Crippen LogP) is 6.96. The molecule has 2 saturated carbocycles. The second kappa shape index (κ2) is 15.0. The van der Waals surface area contributed by atoms with Crippen molar-refractivity contribution in [1.82, 2.24) is 0 Å². The highest BCUT2D eigenvalue weighted by Gasteiger charge is 2.77. The van der Waals surface area contributed by atoms with Crippen LogP contribution in [0.1, 0.15) is 92.4 Å². The van der Waals surface area contributed by atoms with Crippen LogP contribution in [0, 0.1) is 17.3 Å². The molecule has 288 valence electrons. The van der Waals surface area contributed by atoms with Crippen LogP contribution in [0.2, 0.25) is 36.3 Å². The van der Waals surface area contributed by atoms with Crippen LogP contribution in [-0.2, 0) is 37.4 Å². The molecule has 1 saturated heterocycles. The second-order valence-electron chi connectivity index (χ2n) is 15.9. The molecule has 1 aromatic rings. The molecular weight excluding hydrogens is 697 g/mol. The first kappa shape index (κ1) is 40.7. The van der Waals surface area contributed by atoms with E-state index in [-0.39, 0.29) is 30.6 Å². The molecule has 2 bridgehead atoms. The average molecular weight is 757 g/mol. The smallest absolute Gasteiger partial charge is 0.338 e. The topological polar surface area (TPSA) is 135 Å². The van der Waals surface area contributed by atoms with Gasteiger partial charge < -0.3 is 28.2 Å². The molecule has 3 fully saturated rings. The third-order valence-electron chi connectivity index (χ3n) is 13.9. The fourth-order valence-electron chi connectivity index (χ4n) is 9.97. The number of benzene rings is 1. The molecule has 5 rings (SSSR count). The fraction of sp³-hybridized carbons (Fsp3) is 0.700. The molecule has 10 nitrogen and oxygen atoms in total. The minimum atomic E-state index is -2.45. The number of ether oxygens (including phenoxy) is 3. The van der Waals surface area contributed by atoms with Crippen molar-refractivity contribution in [1.29, 1.82) is 0 Å². The van der Waals surface area contributed by atoms with Gasteiger partial charge >= 0.3 is 11.9 Å². The van der Waals surface area contributed by atoms with Gasteiger partial charge in [0.2, 0.25) is 11.6 Å². The summed E-state index contributed by atoms with van der Waals surface area (Å²) in [5.41, 5.74) is -3.98. The largest absolute Gasteiger partial charge is 0.455 e. The Balaban J connectivity index is 1.83. The highest BCUT2D eigenvalue weighted by Crippen LogP contribution is 2.62. The Hall–Kier alpha value is -2.49. The third kappa shape index (κ3) is 6.32. The number of ketones is 2. The van der Waals surface area contributed by atoms with Crippen molar-refractivity contribution in [2.75, 3.05) is 6.61 Å². The van der Waals surface area contributed by atoms with Gasteiger partial charge in [0, 0.05) is 31.3 Å². The van der Waals surface area contributed by atoms with Gasteiger partial charge in [-0.05, 0) is 67.8 Å². The summed E-state index contributed by atoms with van der Waals surface area (Å²) in [7, 11) is -4.78. The number of carbonyl (C=O) groups is 4. The molecule has 1 aliphatic heterocycles. The Morgan fingerprint density at radius 3 is 1.98 bits per heavy atom. The van der Waals surface area contributed by atoms with Gasteiger partial charge in [-0.2, -0.15) is 0 Å². The van der Waals surface area contributed by atoms with Crippen LogP contribution in [0.4, 0.5) is 0 Å². The van der Waals surface area contributed by atoms with E-state index in [0.29, 0.717) is 5.57 Å². The van der Waals surface area contributed by atoms with Gasteiger partial charge in [-0.25, -0.2) is 4.79 Å². The SMILES string of the molecule is CC[Si](CC)(CC)OC1C[C@]2(O)[C@H](C)C(=C1C)C(=O)C(=O)[C@]1(C)C(O[Si](CC)(CC)CC)C[C@H]3OC[C@@]3(OC(C)=O)[C@H]1[C@@H]2OC(=O)c1ccccc1. The molecule has 1 N–H and O–H groups in total. The molecular formula is C40H60O10Si2. The molecule has 0 spiro atoms. The first-order valence-corrected chi connectivity index (χ1v) is 24.5. The van der Waals surface area contributed by atoms with Crippen LogP contribution >= 0.6 is 0 Å². The lowest BCUT2D eigenvalue weighted by Gasteiger charge is -2.66. The molecule has 2 unspecified atom stereocenters. The minimum Gasteiger partial charge on any atom is -0.455 e. The quantitative estimate of drug-likeness (QED) is 0.128. The average Bonchev–Trinajstić information content (AvgIpc) is 3.14. The van der Waals surface area contributed by atoms with Gasteiger partial charge in [0.1, 0.15) is 17.8 Å². The minimum absolute atomic E-state index is 0.0177. The maximum Gasteiger partial charge on any atom is 0.338 e. The Bertz CT molecular complexity index is 1550. The van der Waals surface area contributed by atoms with Crippen LogP contribution in [0.5, 0.6) is 0 Å². The van der Waals surface area contributed by atoms with Crippen LogP contribution in [0.3, 0.4) is 0 Å². The third-order valence-corrected chi connectivity index (χ3v) is 23.2. The summed E-state index contributed by atoms with van der Waals surface area (Å²) >= 11 is 0. The number of fused-ring (bicyclic) bond motifs is 5. The van der Waals surface area contributed by atoms with Crippen LogP contribution in [0.15, 0.2) is 41.5 Å². The van der Waals surface area contributed by atoms with E-state index >= 15 is 9.59 Å². The number of hydrogen-bond acceptors (Lipinski definition) is 10. The molecule has 0 amide bonds. The Morgan fingerprint density at radius 1 is 0.923 bits per heavy atom. The molecule has 3 aliphatic carbocycles. The van der Waals surface area contributed by atoms with E-state index in [1.54, 1.807) is 44.2 Å². The van der Waals surface area contributed by atoms with Gasteiger partial charge in [-0.3, -0.25) is 14.4 Å². The van der Waals surface area contributed by atoms with Gasteiger partial charge in [0.05, 0.1) is 35.7 Å². The molecule has 9 atom stereocenters. The van der Waals surface area contributed by atoms with E-state index in [1.165, 1.54) is 6.92 Å². The standard InChI is InChI=1S/C40H60O10Si2/c1-11-51(12-2,13-3)49-29-23-39(45)26(8)32(25(29)7)33(42)35(43)38(10)30(50-52(14-4,15-5)16-6)22-31-40(24-46-31,48-27(9)41)34(38)36(39)47-37(44)28-20-18-17-19-21-28/h17-21,26,29-31,34,36,45H,11-16,22-24H2,1-10H3/t26-,29?,30?,31-,34+,36+,38-,39+,40+/m1/s1. The zero-order chi connectivity index (χ0) is 38.4. The lowest BCUT2D eigenvalue weighted by molar-refractivity contribution is -0.339. The summed E-state index contributed by atoms with van der Waals surface area (Å²) in [5, 5.41) is 13.5. The lowest BCUT2D eigenvalue weighted by atomic mass is 9.47. The number of rotatable bonds is 13. The highest BCUT2D eigenvalue weighted by molar-refractivity contribution is 6.74. The summed E-state index contributed by atoms with van der Waals surface area (Å²) in [6, 6.07) is 13.4. The lowest BCUT2D eigenvalue weighted by Crippen LogP contribution is -2.81. The van der Waals surface area contributed by atoms with Crippen molar-refractivity contribution in [2.45, 2.75) is 154 Å². The highest BCUT2D eigenvalue weighted by atomic mass is 28.4. The number of hydrogen-bond donors (Lipinski definition) is 1. The van der Waals surface area contributed by atoms with E-state index in [2.05, 4.69) is 41.5 Å². The summed E-state index contributed by atoms with van der Waals surface area (Å²) in [6.07, 6.45) is -3.46. The van der Waals surface area contributed by atoms with Crippen LogP contribution < -0.4 is 0 Å². The molecule has 1 heterocycles. The van der Waals surface area contributed by atoms with E-state index in [1.807, 2.05) is 6.92 Å². The summed E-state index contributed by atoms with van der Waals surface area (Å²) in [5.74, 6) is -4.81. The van der Waals surface area contributed by atoms with Crippen LogP contribution in [-0.4, -0.2) is 87.5 Å². The molecule has 12 heteroatoms. The van der Waals surface area contributed by atoms with Crippen molar-refractivity contribution in [3.63, 3.8) is 0 Å². The van der Waals surface area contributed by atoms with Crippen molar-refractivity contribution >= 4 is 40.1 Å². The zero-order valence-electron chi connectivity index (χ0n) is 32.8. The maximum atomic E-state index is 15.4. The summed E-state index contributed by atoms with van der Waals surface area (Å²) in [4.78, 5) is 57.7. The van der Waals surface area contributed by atoms with Gasteiger partial charge in [0.15, 0.2) is 22.2 Å². The van der Waals surface area contributed by atoms with Gasteiger partial charge in [-0.15, -0.1) is 0 Å². The first-order valence-electron chi connectivity index (χ1n) is 19.5. The molecule has 0 radical (unpaired) electrons. The Labute approximate surface area is 311 Å². The maximum absolute atomic E-state index is 15.4. The molecule has 1 aromatic carbocycles. The number of aliphatic hydroxyl groups is 1. The van der Waals surface area contributed by atoms with Crippen molar-refractivity contribution in [3.05, 3.63) is 47.0 Å². The normalized spacial score (nSPS) is 34.8. The van der Waals surface area contributed by atoms with Gasteiger partial charge in [0.25, 0.3) is 0 Å². The van der Waals surface area contributed by atoms with E-state index in [0.717, 1.165) is 36.3 Å². The number of Topliss-reactive ketones (excluding diaryl/α,β-unsaturated/α-hetero) is 2. The molecule has 4 aliphatic rings. The Morgan fingerprint density at radius 2 is 1.48 bits per heavy atom. The Kier molecular flexibility index (Phi) is 11.7. The fourth-order valence-corrected chi connectivity index (χ4v) is 15.8. The first-order chi connectivity index (χ1) is 24.5. The van der Waals surface area contributed by atoms with E-state index in [9.17, 15) is 14.7 Å². The molecule has 52 heavy (non-hydrogen) atoms. The van der Waals surface area contributed by atoms with E-state index in [4.69, 9.17) is 23.1 Å². The van der Waals surface area contributed by atoms with Crippen molar-refractivity contribution in [3.8, 4) is 0 Å². The van der Waals surface area contributed by atoms with Gasteiger partial charge in [-0.1, -0.05) is 66.7 Å². The summed E-state index contributed by atoms with van der Waals surface area (Å²) in [6.45, 7) is 19.1. The zero-order valence-corrected chi connectivity index (χ0v) is 34.8.